The molecule has 0 bridgehead atoms. The molecular formula is C12H17FN2O. The zero-order chi connectivity index (χ0) is 11.6. The van der Waals surface area contributed by atoms with Crippen molar-refractivity contribution in [3.63, 3.8) is 0 Å². The lowest BCUT2D eigenvalue weighted by Gasteiger charge is -2.23. The van der Waals surface area contributed by atoms with Crippen LogP contribution in [0.5, 0.6) is 0 Å². The molecule has 1 aliphatic rings. The molecule has 1 fully saturated rings. The molecule has 0 unspecified atom stereocenters. The van der Waals surface area contributed by atoms with Gasteiger partial charge in [-0.2, -0.15) is 0 Å². The summed E-state index contributed by atoms with van der Waals surface area (Å²) >= 11 is 0. The van der Waals surface area contributed by atoms with E-state index in [1.807, 2.05) is 0 Å². The van der Waals surface area contributed by atoms with E-state index in [1.165, 1.54) is 6.07 Å². The van der Waals surface area contributed by atoms with E-state index in [4.69, 9.17) is 5.73 Å². The number of rotatable bonds is 3. The monoisotopic (exact) mass is 224 g/mol. The number of nitrogens with two attached hydrogens (primary N) is 1. The number of aliphatic hydroxyl groups is 1. The summed E-state index contributed by atoms with van der Waals surface area (Å²) in [5, 5.41) is 13.1. The van der Waals surface area contributed by atoms with Crippen LogP contribution in [0, 0.1) is 5.82 Å². The number of anilines is 2. The maximum atomic E-state index is 13.1. The Bertz CT molecular complexity index is 375. The van der Waals surface area contributed by atoms with Gasteiger partial charge >= 0.3 is 0 Å². The molecular weight excluding hydrogens is 207 g/mol. The van der Waals surface area contributed by atoms with E-state index in [0.717, 1.165) is 25.7 Å². The van der Waals surface area contributed by atoms with Crippen LogP contribution in [0.4, 0.5) is 15.8 Å². The molecule has 1 aromatic carbocycles. The molecule has 0 amide bonds. The fourth-order valence-corrected chi connectivity index (χ4v) is 2.16. The number of hydrogen-bond donors (Lipinski definition) is 3. The third-order valence-electron chi connectivity index (χ3n) is 3.20. The lowest BCUT2D eigenvalue weighted by atomic mass is 10.0. The first-order chi connectivity index (χ1) is 7.61. The lowest BCUT2D eigenvalue weighted by molar-refractivity contribution is 0.0615. The molecule has 1 aromatic rings. The topological polar surface area (TPSA) is 58.3 Å². The lowest BCUT2D eigenvalue weighted by Crippen LogP contribution is -2.33. The molecule has 0 atom stereocenters. The predicted octanol–water partition coefficient (Wildman–Crippen LogP) is 2.12. The van der Waals surface area contributed by atoms with Crippen LogP contribution in [-0.4, -0.2) is 17.3 Å². The highest BCUT2D eigenvalue weighted by atomic mass is 19.1. The molecule has 0 aliphatic heterocycles. The Labute approximate surface area is 94.5 Å². The molecule has 2 rings (SSSR count). The summed E-state index contributed by atoms with van der Waals surface area (Å²) in [5.41, 5.74) is 5.61. The van der Waals surface area contributed by atoms with Crippen LogP contribution in [0.15, 0.2) is 18.2 Å². The van der Waals surface area contributed by atoms with E-state index < -0.39 is 11.4 Å². The number of halogens is 1. The molecule has 0 saturated heterocycles. The third kappa shape index (κ3) is 2.27. The largest absolute Gasteiger partial charge is 0.395 e. The number of nitrogen functional groups attached to an aromatic ring is 1. The summed E-state index contributed by atoms with van der Waals surface area (Å²) in [6.07, 6.45) is 3.71. The second-order valence-electron chi connectivity index (χ2n) is 4.49. The molecule has 0 heterocycles. The Balaban J connectivity index is 2.02. The quantitative estimate of drug-likeness (QED) is 0.689. The Morgan fingerprint density at radius 3 is 2.75 bits per heavy atom. The Hall–Kier alpha value is -1.29. The van der Waals surface area contributed by atoms with Crippen LogP contribution in [0.25, 0.3) is 0 Å². The van der Waals surface area contributed by atoms with E-state index >= 15 is 0 Å². The highest BCUT2D eigenvalue weighted by Crippen LogP contribution is 2.30. The molecule has 4 N–H and O–H groups in total. The van der Waals surface area contributed by atoms with Crippen LogP contribution >= 0.6 is 0 Å². The summed E-state index contributed by atoms with van der Waals surface area (Å²) in [5.74, 6) is -0.427. The van der Waals surface area contributed by atoms with E-state index in [0.29, 0.717) is 12.2 Å². The first-order valence-corrected chi connectivity index (χ1v) is 5.61. The van der Waals surface area contributed by atoms with Gasteiger partial charge in [-0.3, -0.25) is 0 Å². The van der Waals surface area contributed by atoms with Gasteiger partial charge in [0.1, 0.15) is 5.82 Å². The minimum Gasteiger partial charge on any atom is -0.395 e. The molecule has 1 saturated carbocycles. The van der Waals surface area contributed by atoms with Crippen molar-refractivity contribution in [1.29, 1.82) is 0 Å². The maximum Gasteiger partial charge on any atom is 0.148 e. The Kier molecular flexibility index (Phi) is 3.01. The number of hydrogen-bond acceptors (Lipinski definition) is 3. The van der Waals surface area contributed by atoms with Crippen molar-refractivity contribution in [3.8, 4) is 0 Å². The van der Waals surface area contributed by atoms with E-state index in [9.17, 15) is 9.50 Å². The Morgan fingerprint density at radius 2 is 2.06 bits per heavy atom. The second kappa shape index (κ2) is 4.29. The highest BCUT2D eigenvalue weighted by molar-refractivity contribution is 5.66. The average Bonchev–Trinajstić information content (AvgIpc) is 2.68. The summed E-state index contributed by atoms with van der Waals surface area (Å²) in [6.45, 7) is 0.431. The molecule has 88 valence electrons. The normalized spacial score (nSPS) is 18.6. The Morgan fingerprint density at radius 1 is 1.38 bits per heavy atom. The van der Waals surface area contributed by atoms with Gasteiger partial charge in [-0.25, -0.2) is 4.39 Å². The summed E-state index contributed by atoms with van der Waals surface area (Å²) in [6, 6.07) is 4.65. The van der Waals surface area contributed by atoms with Crippen LogP contribution in [0.1, 0.15) is 25.7 Å². The molecule has 0 aromatic heterocycles. The van der Waals surface area contributed by atoms with Crippen molar-refractivity contribution in [3.05, 3.63) is 24.0 Å². The van der Waals surface area contributed by atoms with Crippen molar-refractivity contribution >= 4 is 11.4 Å². The minimum atomic E-state index is -0.654. The van der Waals surface area contributed by atoms with Gasteiger partial charge in [-0.1, -0.05) is 18.9 Å². The maximum absolute atomic E-state index is 13.1. The van der Waals surface area contributed by atoms with Crippen LogP contribution in [-0.2, 0) is 0 Å². The standard InChI is InChI=1S/C12H17FN2O/c13-9-4-3-5-10(11(9)14)15-8-12(16)6-1-2-7-12/h3-5,15-16H,1-2,6-8,14H2. The summed E-state index contributed by atoms with van der Waals surface area (Å²) in [7, 11) is 0. The number of benzene rings is 1. The SMILES string of the molecule is Nc1c(F)cccc1NCC1(O)CCCC1. The summed E-state index contributed by atoms with van der Waals surface area (Å²) < 4.78 is 13.1. The number of nitrogens with one attached hydrogen (secondary N) is 1. The van der Waals surface area contributed by atoms with Crippen LogP contribution in [0.3, 0.4) is 0 Å². The van der Waals surface area contributed by atoms with Gasteiger partial charge in [0.05, 0.1) is 17.0 Å². The van der Waals surface area contributed by atoms with Gasteiger partial charge in [-0.05, 0) is 25.0 Å². The van der Waals surface area contributed by atoms with Crippen LogP contribution < -0.4 is 11.1 Å². The molecule has 1 aliphatic carbocycles. The van der Waals surface area contributed by atoms with E-state index in [1.54, 1.807) is 12.1 Å². The van der Waals surface area contributed by atoms with Gasteiger partial charge in [-0.15, -0.1) is 0 Å². The predicted molar refractivity (Wildman–Crippen MR) is 62.7 cm³/mol. The zero-order valence-corrected chi connectivity index (χ0v) is 9.17. The van der Waals surface area contributed by atoms with Crippen LogP contribution in [0.2, 0.25) is 0 Å². The van der Waals surface area contributed by atoms with Crippen molar-refractivity contribution in [2.24, 2.45) is 0 Å². The first-order valence-electron chi connectivity index (χ1n) is 5.61. The van der Waals surface area contributed by atoms with E-state index in [-0.39, 0.29) is 5.69 Å². The van der Waals surface area contributed by atoms with E-state index in [2.05, 4.69) is 5.32 Å². The highest BCUT2D eigenvalue weighted by Gasteiger charge is 2.30. The van der Waals surface area contributed by atoms with Crippen molar-refractivity contribution in [2.45, 2.75) is 31.3 Å². The molecule has 16 heavy (non-hydrogen) atoms. The van der Waals surface area contributed by atoms with Gasteiger partial charge in [0.25, 0.3) is 0 Å². The van der Waals surface area contributed by atoms with Gasteiger partial charge in [0.15, 0.2) is 0 Å². The van der Waals surface area contributed by atoms with Gasteiger partial charge in [0, 0.05) is 6.54 Å². The smallest absolute Gasteiger partial charge is 0.148 e. The summed E-state index contributed by atoms with van der Waals surface area (Å²) in [4.78, 5) is 0. The fourth-order valence-electron chi connectivity index (χ4n) is 2.16. The minimum absolute atomic E-state index is 0.115. The van der Waals surface area contributed by atoms with Gasteiger partial charge in [0.2, 0.25) is 0 Å². The average molecular weight is 224 g/mol. The third-order valence-corrected chi connectivity index (χ3v) is 3.20. The number of para-hydroxylation sites is 1. The molecule has 0 radical (unpaired) electrons. The van der Waals surface area contributed by atoms with Crippen molar-refractivity contribution in [2.75, 3.05) is 17.6 Å². The zero-order valence-electron chi connectivity index (χ0n) is 9.17. The fraction of sp³-hybridized carbons (Fsp3) is 0.500. The second-order valence-corrected chi connectivity index (χ2v) is 4.49. The first kappa shape index (κ1) is 11.2. The van der Waals surface area contributed by atoms with Gasteiger partial charge < -0.3 is 16.2 Å². The van der Waals surface area contributed by atoms with Crippen molar-refractivity contribution in [1.82, 2.24) is 0 Å². The van der Waals surface area contributed by atoms with Crippen molar-refractivity contribution < 1.29 is 9.50 Å². The molecule has 0 spiro atoms. The molecule has 3 nitrogen and oxygen atoms in total. The molecule has 4 heteroatoms.